The number of benzene rings is 1. The zero-order chi connectivity index (χ0) is 15.3. The summed E-state index contributed by atoms with van der Waals surface area (Å²) in [5.74, 6) is -0.189. The highest BCUT2D eigenvalue weighted by Gasteiger charge is 2.17. The van der Waals surface area contributed by atoms with Crippen LogP contribution in [-0.4, -0.2) is 39.5 Å². The minimum absolute atomic E-state index is 0.106. The van der Waals surface area contributed by atoms with Gasteiger partial charge < -0.3 is 4.90 Å². The van der Waals surface area contributed by atoms with Crippen LogP contribution < -0.4 is 4.72 Å². The highest BCUT2D eigenvalue weighted by molar-refractivity contribution is 7.89. The molecule has 1 aromatic carbocycles. The van der Waals surface area contributed by atoms with Gasteiger partial charge in [0.1, 0.15) is 5.82 Å². The molecule has 6 heteroatoms. The Labute approximate surface area is 126 Å². The van der Waals surface area contributed by atoms with Gasteiger partial charge in [-0.2, -0.15) is 0 Å². The van der Waals surface area contributed by atoms with Crippen LogP contribution in [0.2, 0.25) is 0 Å². The van der Waals surface area contributed by atoms with E-state index in [1.54, 1.807) is 0 Å². The van der Waals surface area contributed by atoms with E-state index in [-0.39, 0.29) is 10.8 Å². The predicted molar refractivity (Wildman–Crippen MR) is 81.0 cm³/mol. The maximum Gasteiger partial charge on any atom is 0.240 e. The van der Waals surface area contributed by atoms with Gasteiger partial charge in [-0.3, -0.25) is 0 Å². The average Bonchev–Trinajstić information content (AvgIpc) is 2.47. The van der Waals surface area contributed by atoms with E-state index in [9.17, 15) is 12.8 Å². The van der Waals surface area contributed by atoms with E-state index >= 15 is 0 Å². The first kappa shape index (κ1) is 16.4. The highest BCUT2D eigenvalue weighted by atomic mass is 32.2. The number of rotatable bonds is 6. The van der Waals surface area contributed by atoms with E-state index < -0.39 is 15.8 Å². The Bertz CT molecular complexity index is 539. The monoisotopic (exact) mass is 314 g/mol. The number of nitrogens with one attached hydrogen (secondary N) is 1. The largest absolute Gasteiger partial charge is 0.303 e. The molecule has 0 radical (unpaired) electrons. The van der Waals surface area contributed by atoms with Gasteiger partial charge in [0.25, 0.3) is 0 Å². The van der Waals surface area contributed by atoms with Gasteiger partial charge in [0.05, 0.1) is 4.90 Å². The van der Waals surface area contributed by atoms with Gasteiger partial charge in [-0.05, 0) is 56.1 Å². The van der Waals surface area contributed by atoms with Crippen LogP contribution in [0, 0.1) is 11.7 Å². The molecule has 0 saturated carbocycles. The van der Waals surface area contributed by atoms with Crippen molar-refractivity contribution in [1.29, 1.82) is 0 Å². The van der Waals surface area contributed by atoms with Crippen molar-refractivity contribution in [2.75, 3.05) is 26.2 Å². The van der Waals surface area contributed by atoms with Crippen LogP contribution in [0.3, 0.4) is 0 Å². The fraction of sp³-hybridized carbons (Fsp3) is 0.600. The maximum atomic E-state index is 12.8. The third-order valence-corrected chi connectivity index (χ3v) is 5.20. The second-order valence-electron chi connectivity index (χ2n) is 5.77. The lowest BCUT2D eigenvalue weighted by molar-refractivity contribution is 0.201. The van der Waals surface area contributed by atoms with Crippen molar-refractivity contribution in [3.8, 4) is 0 Å². The summed E-state index contributed by atoms with van der Waals surface area (Å²) in [6.45, 7) is 5.56. The van der Waals surface area contributed by atoms with E-state index in [0.29, 0.717) is 6.54 Å². The molecule has 21 heavy (non-hydrogen) atoms. The van der Waals surface area contributed by atoms with Gasteiger partial charge in [-0.15, -0.1) is 0 Å². The first-order valence-electron chi connectivity index (χ1n) is 7.45. The Morgan fingerprint density at radius 1 is 1.19 bits per heavy atom. The van der Waals surface area contributed by atoms with E-state index in [2.05, 4.69) is 9.62 Å². The molecule has 1 atom stereocenters. The molecule has 2 rings (SSSR count). The zero-order valence-corrected chi connectivity index (χ0v) is 13.2. The average molecular weight is 314 g/mol. The number of hydrogen-bond acceptors (Lipinski definition) is 3. The molecule has 1 saturated heterocycles. The molecule has 1 fully saturated rings. The topological polar surface area (TPSA) is 49.4 Å². The summed E-state index contributed by atoms with van der Waals surface area (Å²) in [6, 6.07) is 4.89. The number of sulfonamides is 1. The number of piperidine rings is 1. The van der Waals surface area contributed by atoms with Crippen LogP contribution in [0.4, 0.5) is 4.39 Å². The third-order valence-electron chi connectivity index (χ3n) is 3.76. The fourth-order valence-corrected chi connectivity index (χ4v) is 3.76. The molecule has 0 amide bonds. The normalized spacial score (nSPS) is 18.6. The molecule has 1 aliphatic rings. The van der Waals surface area contributed by atoms with E-state index in [0.717, 1.165) is 31.8 Å². The molecular weight excluding hydrogens is 291 g/mol. The highest BCUT2D eigenvalue weighted by Crippen LogP contribution is 2.12. The van der Waals surface area contributed by atoms with Gasteiger partial charge in [-0.1, -0.05) is 13.3 Å². The van der Waals surface area contributed by atoms with Crippen LogP contribution in [0.5, 0.6) is 0 Å². The molecule has 0 aromatic heterocycles. The van der Waals surface area contributed by atoms with E-state index in [1.165, 1.54) is 31.4 Å². The molecule has 1 heterocycles. The van der Waals surface area contributed by atoms with Crippen molar-refractivity contribution >= 4 is 10.0 Å². The van der Waals surface area contributed by atoms with Crippen molar-refractivity contribution in [3.63, 3.8) is 0 Å². The van der Waals surface area contributed by atoms with Crippen molar-refractivity contribution in [2.24, 2.45) is 5.92 Å². The quantitative estimate of drug-likeness (QED) is 0.876. The Hall–Kier alpha value is -0.980. The molecule has 4 nitrogen and oxygen atoms in total. The van der Waals surface area contributed by atoms with E-state index in [1.807, 2.05) is 6.92 Å². The molecule has 0 spiro atoms. The second-order valence-corrected chi connectivity index (χ2v) is 7.54. The van der Waals surface area contributed by atoms with Crippen molar-refractivity contribution in [2.45, 2.75) is 31.1 Å². The van der Waals surface area contributed by atoms with Gasteiger partial charge >= 0.3 is 0 Å². The van der Waals surface area contributed by atoms with E-state index in [4.69, 9.17) is 0 Å². The number of likely N-dealkylation sites (tertiary alicyclic amines) is 1. The first-order valence-corrected chi connectivity index (χ1v) is 8.93. The fourth-order valence-electron chi connectivity index (χ4n) is 2.60. The zero-order valence-electron chi connectivity index (χ0n) is 12.4. The summed E-state index contributed by atoms with van der Waals surface area (Å²) < 4.78 is 39.6. The van der Waals surface area contributed by atoms with Gasteiger partial charge in [-0.25, -0.2) is 17.5 Å². The lowest BCUT2D eigenvalue weighted by atomic mass is 10.1. The molecule has 1 aromatic rings. The maximum absolute atomic E-state index is 12.8. The Kier molecular flexibility index (Phi) is 5.72. The van der Waals surface area contributed by atoms with Crippen LogP contribution >= 0.6 is 0 Å². The molecule has 0 bridgehead atoms. The Morgan fingerprint density at radius 3 is 2.43 bits per heavy atom. The molecule has 0 unspecified atom stereocenters. The summed E-state index contributed by atoms with van der Waals surface area (Å²) >= 11 is 0. The Balaban J connectivity index is 1.84. The molecule has 0 aliphatic carbocycles. The summed E-state index contributed by atoms with van der Waals surface area (Å²) in [4.78, 5) is 2.49. The molecule has 1 N–H and O–H groups in total. The van der Waals surface area contributed by atoms with Crippen molar-refractivity contribution < 1.29 is 12.8 Å². The smallest absolute Gasteiger partial charge is 0.240 e. The number of hydrogen-bond donors (Lipinski definition) is 1. The summed E-state index contributed by atoms with van der Waals surface area (Å²) in [5.41, 5.74) is 0. The minimum Gasteiger partial charge on any atom is -0.303 e. The van der Waals surface area contributed by atoms with Crippen LogP contribution in [0.15, 0.2) is 29.2 Å². The lowest BCUT2D eigenvalue weighted by Crippen LogP contribution is -2.38. The third kappa shape index (κ3) is 5.05. The Morgan fingerprint density at radius 2 is 1.81 bits per heavy atom. The minimum atomic E-state index is -3.55. The predicted octanol–water partition coefficient (Wildman–Crippen LogP) is 2.23. The molecular formula is C15H23FN2O2S. The molecule has 1 aliphatic heterocycles. The standard InChI is InChI=1S/C15H23FN2O2S/c1-13(12-18-9-3-2-4-10-18)11-17-21(19,20)15-7-5-14(16)6-8-15/h5-8,13,17H,2-4,9-12H2,1H3/t13-/m1/s1. The summed E-state index contributed by atoms with van der Waals surface area (Å²) in [7, 11) is -3.55. The first-order chi connectivity index (χ1) is 9.97. The summed E-state index contributed by atoms with van der Waals surface area (Å²) in [6.07, 6.45) is 3.75. The van der Waals surface area contributed by atoms with Crippen molar-refractivity contribution in [3.05, 3.63) is 30.1 Å². The number of halogens is 1. The summed E-state index contributed by atoms with van der Waals surface area (Å²) in [5, 5.41) is 0. The van der Waals surface area contributed by atoms with Crippen LogP contribution in [0.1, 0.15) is 26.2 Å². The van der Waals surface area contributed by atoms with Crippen LogP contribution in [0.25, 0.3) is 0 Å². The van der Waals surface area contributed by atoms with Crippen molar-refractivity contribution in [1.82, 2.24) is 9.62 Å². The van der Waals surface area contributed by atoms with Gasteiger partial charge in [0.2, 0.25) is 10.0 Å². The lowest BCUT2D eigenvalue weighted by Gasteiger charge is -2.29. The number of nitrogens with zero attached hydrogens (tertiary/aromatic N) is 1. The molecule has 118 valence electrons. The van der Waals surface area contributed by atoms with Crippen LogP contribution in [-0.2, 0) is 10.0 Å². The SMILES string of the molecule is C[C@H](CNS(=O)(=O)c1ccc(F)cc1)CN1CCCCC1. The van der Waals surface area contributed by atoms with Gasteiger partial charge in [0, 0.05) is 13.1 Å². The van der Waals surface area contributed by atoms with Gasteiger partial charge in [0.15, 0.2) is 0 Å². The second kappa shape index (κ2) is 7.33.